The van der Waals surface area contributed by atoms with Crippen molar-refractivity contribution in [2.75, 3.05) is 0 Å². The second-order valence-corrected chi connectivity index (χ2v) is 4.46. The van der Waals surface area contributed by atoms with Gasteiger partial charge in [0.1, 0.15) is 5.82 Å². The Labute approximate surface area is 112 Å². The highest BCUT2D eigenvalue weighted by molar-refractivity contribution is 5.63. The summed E-state index contributed by atoms with van der Waals surface area (Å²) in [5, 5.41) is 0. The average molecular weight is 258 g/mol. The fraction of sp³-hybridized carbons (Fsp3) is 0.176. The van der Waals surface area contributed by atoms with Crippen molar-refractivity contribution >= 4 is 0 Å². The largest absolute Gasteiger partial charge is 0.216 e. The highest BCUT2D eigenvalue weighted by Gasteiger charge is 1.98. The number of allylic oxidation sites excluding steroid dienone is 1. The number of hydrogen-bond donors (Lipinski definition) is 0. The first-order valence-electron chi connectivity index (χ1n) is 6.40. The summed E-state index contributed by atoms with van der Waals surface area (Å²) in [5.74, 6) is -0.221. The van der Waals surface area contributed by atoms with E-state index in [2.05, 4.69) is 12.1 Å². The van der Waals surface area contributed by atoms with E-state index in [4.69, 9.17) is 0 Å². The van der Waals surface area contributed by atoms with Gasteiger partial charge < -0.3 is 0 Å². The third kappa shape index (κ3) is 4.02. The lowest BCUT2D eigenvalue weighted by atomic mass is 10.0. The van der Waals surface area contributed by atoms with Gasteiger partial charge in [-0.2, -0.15) is 0 Å². The highest BCUT2D eigenvalue weighted by Crippen LogP contribution is 2.20. The van der Waals surface area contributed by atoms with Crippen LogP contribution in [-0.2, 0) is 6.42 Å². The summed E-state index contributed by atoms with van der Waals surface area (Å²) < 4.78 is 24.6. The normalized spacial score (nSPS) is 11.1. The maximum absolute atomic E-state index is 12.8. The molecule has 0 aliphatic rings. The monoisotopic (exact) mass is 258 g/mol. The topological polar surface area (TPSA) is 0 Å². The van der Waals surface area contributed by atoms with Gasteiger partial charge in [-0.3, -0.25) is 0 Å². The quantitative estimate of drug-likeness (QED) is 0.638. The van der Waals surface area contributed by atoms with Crippen molar-refractivity contribution in [1.82, 2.24) is 0 Å². The van der Waals surface area contributed by atoms with Crippen LogP contribution in [0.1, 0.15) is 18.4 Å². The SMILES string of the molecule is F/C=C/CCCc1ccc(-c2ccc(F)cc2)cc1. The first-order chi connectivity index (χ1) is 9.29. The molecule has 2 aromatic carbocycles. The Morgan fingerprint density at radius 1 is 0.842 bits per heavy atom. The van der Waals surface area contributed by atoms with Crippen LogP contribution < -0.4 is 0 Å². The van der Waals surface area contributed by atoms with Gasteiger partial charge in [0, 0.05) is 0 Å². The van der Waals surface area contributed by atoms with Crippen molar-refractivity contribution in [3.05, 3.63) is 72.3 Å². The lowest BCUT2D eigenvalue weighted by Crippen LogP contribution is -1.85. The molecule has 0 saturated heterocycles. The number of aryl methyl sites for hydroxylation is 1. The van der Waals surface area contributed by atoms with Gasteiger partial charge in [0.2, 0.25) is 0 Å². The van der Waals surface area contributed by atoms with E-state index in [1.54, 1.807) is 12.1 Å². The smallest absolute Gasteiger partial charge is 0.123 e. The summed E-state index contributed by atoms with van der Waals surface area (Å²) in [6, 6.07) is 14.7. The molecule has 0 N–H and O–H groups in total. The molecule has 0 bridgehead atoms. The Morgan fingerprint density at radius 3 is 2.00 bits per heavy atom. The molecule has 0 aliphatic carbocycles. The average Bonchev–Trinajstić information content (AvgIpc) is 2.45. The Kier molecular flexibility index (Phi) is 4.85. The Hall–Kier alpha value is -1.96. The van der Waals surface area contributed by atoms with Gasteiger partial charge in [-0.15, -0.1) is 0 Å². The molecule has 2 rings (SSSR count). The summed E-state index contributed by atoms with van der Waals surface area (Å²) in [6.45, 7) is 0. The first-order valence-corrected chi connectivity index (χ1v) is 6.40. The Morgan fingerprint density at radius 2 is 1.42 bits per heavy atom. The maximum Gasteiger partial charge on any atom is 0.123 e. The molecule has 2 aromatic rings. The van der Waals surface area contributed by atoms with Crippen LogP contribution in [0.15, 0.2) is 60.9 Å². The van der Waals surface area contributed by atoms with Crippen LogP contribution >= 0.6 is 0 Å². The van der Waals surface area contributed by atoms with Crippen LogP contribution in [0.25, 0.3) is 11.1 Å². The van der Waals surface area contributed by atoms with Gasteiger partial charge >= 0.3 is 0 Å². The van der Waals surface area contributed by atoms with E-state index < -0.39 is 0 Å². The van der Waals surface area contributed by atoms with E-state index in [0.29, 0.717) is 6.33 Å². The van der Waals surface area contributed by atoms with Crippen LogP contribution in [0.3, 0.4) is 0 Å². The van der Waals surface area contributed by atoms with Crippen LogP contribution in [0.4, 0.5) is 8.78 Å². The van der Waals surface area contributed by atoms with Crippen molar-refractivity contribution in [2.45, 2.75) is 19.3 Å². The lowest BCUT2D eigenvalue weighted by molar-refractivity contribution is 0.628. The minimum absolute atomic E-state index is 0.221. The molecule has 0 aliphatic heterocycles. The van der Waals surface area contributed by atoms with Gasteiger partial charge in [0.15, 0.2) is 0 Å². The minimum atomic E-state index is -0.221. The predicted octanol–water partition coefficient (Wildman–Crippen LogP) is 5.30. The van der Waals surface area contributed by atoms with Gasteiger partial charge in [-0.05, 0) is 48.1 Å². The van der Waals surface area contributed by atoms with Crippen molar-refractivity contribution in [2.24, 2.45) is 0 Å². The molecule has 19 heavy (non-hydrogen) atoms. The molecule has 0 nitrogen and oxygen atoms in total. The van der Waals surface area contributed by atoms with E-state index in [1.807, 2.05) is 12.1 Å². The molecule has 0 unspecified atom stereocenters. The van der Waals surface area contributed by atoms with Gasteiger partial charge in [-0.25, -0.2) is 8.78 Å². The van der Waals surface area contributed by atoms with Crippen molar-refractivity contribution < 1.29 is 8.78 Å². The molecule has 0 atom stereocenters. The van der Waals surface area contributed by atoms with Crippen molar-refractivity contribution in [3.8, 4) is 11.1 Å². The van der Waals surface area contributed by atoms with Gasteiger partial charge in [0.25, 0.3) is 0 Å². The summed E-state index contributed by atoms with van der Waals surface area (Å²) in [5.41, 5.74) is 3.32. The number of halogens is 2. The van der Waals surface area contributed by atoms with Gasteiger partial charge in [-0.1, -0.05) is 42.5 Å². The summed E-state index contributed by atoms with van der Waals surface area (Å²) in [6.07, 6.45) is 4.77. The molecular weight excluding hydrogens is 242 g/mol. The zero-order valence-corrected chi connectivity index (χ0v) is 10.7. The second kappa shape index (κ2) is 6.83. The predicted molar refractivity (Wildman–Crippen MR) is 75.0 cm³/mol. The molecule has 98 valence electrons. The fourth-order valence-corrected chi connectivity index (χ4v) is 1.99. The fourth-order valence-electron chi connectivity index (χ4n) is 1.99. The zero-order chi connectivity index (χ0) is 13.5. The lowest BCUT2D eigenvalue weighted by Gasteiger charge is -2.04. The van der Waals surface area contributed by atoms with E-state index >= 15 is 0 Å². The van der Waals surface area contributed by atoms with E-state index in [1.165, 1.54) is 23.8 Å². The summed E-state index contributed by atoms with van der Waals surface area (Å²) in [4.78, 5) is 0. The minimum Gasteiger partial charge on any atom is -0.216 e. The second-order valence-electron chi connectivity index (χ2n) is 4.46. The Bertz CT molecular complexity index is 524. The number of rotatable bonds is 5. The third-order valence-corrected chi connectivity index (χ3v) is 3.06. The highest BCUT2D eigenvalue weighted by atomic mass is 19.1. The molecule has 0 heterocycles. The van der Waals surface area contributed by atoms with E-state index in [-0.39, 0.29) is 5.82 Å². The standard InChI is InChI=1S/C17H16F2/c18-13-3-1-2-4-14-5-7-15(8-6-14)16-9-11-17(19)12-10-16/h3,5-13H,1-2,4H2/b13-3+. The van der Waals surface area contributed by atoms with Crippen LogP contribution in [-0.4, -0.2) is 0 Å². The molecule has 0 amide bonds. The van der Waals surface area contributed by atoms with Gasteiger partial charge in [0.05, 0.1) is 6.33 Å². The van der Waals surface area contributed by atoms with E-state index in [9.17, 15) is 8.78 Å². The summed E-state index contributed by atoms with van der Waals surface area (Å²) >= 11 is 0. The Balaban J connectivity index is 2.00. The molecule has 0 saturated carbocycles. The number of benzene rings is 2. The van der Waals surface area contributed by atoms with Crippen LogP contribution in [0.2, 0.25) is 0 Å². The van der Waals surface area contributed by atoms with Crippen LogP contribution in [0.5, 0.6) is 0 Å². The van der Waals surface area contributed by atoms with Crippen LogP contribution in [0, 0.1) is 5.82 Å². The van der Waals surface area contributed by atoms with E-state index in [0.717, 1.165) is 30.4 Å². The molecule has 0 fully saturated rings. The molecular formula is C17H16F2. The molecule has 0 radical (unpaired) electrons. The number of unbranched alkanes of at least 4 members (excludes halogenated alkanes) is 1. The van der Waals surface area contributed by atoms with Crippen molar-refractivity contribution in [3.63, 3.8) is 0 Å². The third-order valence-electron chi connectivity index (χ3n) is 3.06. The molecule has 0 aromatic heterocycles. The first kappa shape index (κ1) is 13.5. The molecule has 0 spiro atoms. The maximum atomic E-state index is 12.8. The summed E-state index contributed by atoms with van der Waals surface area (Å²) in [7, 11) is 0. The van der Waals surface area contributed by atoms with Crippen molar-refractivity contribution in [1.29, 1.82) is 0 Å². The zero-order valence-electron chi connectivity index (χ0n) is 10.7. The molecule has 2 heteroatoms. The number of hydrogen-bond acceptors (Lipinski definition) is 0.